The lowest BCUT2D eigenvalue weighted by Crippen LogP contribution is -2.24. The molecule has 0 radical (unpaired) electrons. The zero-order valence-corrected chi connectivity index (χ0v) is 15.0. The van der Waals surface area contributed by atoms with Crippen molar-refractivity contribution in [2.45, 2.75) is 40.2 Å². The van der Waals surface area contributed by atoms with E-state index in [9.17, 15) is 0 Å². The Bertz CT molecular complexity index is 565. The Hall–Kier alpha value is -0.640. The lowest BCUT2D eigenvalue weighted by Gasteiger charge is -2.22. The monoisotopic (exact) mass is 351 g/mol. The minimum atomic E-state index is 0.395. The summed E-state index contributed by atoms with van der Waals surface area (Å²) in [5.41, 5.74) is 5.59. The number of hydrogen-bond acceptors (Lipinski definition) is 2. The van der Waals surface area contributed by atoms with Gasteiger partial charge in [-0.25, -0.2) is 0 Å². The SMILES string of the molecule is CCNC(Cc1ccc(Br)s1)c1c(C)cc(C)cc1C. The van der Waals surface area contributed by atoms with Crippen molar-refractivity contribution in [3.63, 3.8) is 0 Å². The van der Waals surface area contributed by atoms with Gasteiger partial charge in [0.25, 0.3) is 0 Å². The zero-order chi connectivity index (χ0) is 14.7. The first-order chi connectivity index (χ1) is 9.51. The molecule has 0 aliphatic heterocycles. The number of hydrogen-bond donors (Lipinski definition) is 1. The quantitative estimate of drug-likeness (QED) is 0.767. The van der Waals surface area contributed by atoms with Gasteiger partial charge in [-0.1, -0.05) is 24.6 Å². The zero-order valence-electron chi connectivity index (χ0n) is 12.6. The maximum atomic E-state index is 3.65. The van der Waals surface area contributed by atoms with Gasteiger partial charge in [0, 0.05) is 17.3 Å². The van der Waals surface area contributed by atoms with Crippen LogP contribution in [0.25, 0.3) is 0 Å². The summed E-state index contributed by atoms with van der Waals surface area (Å²) in [6.45, 7) is 9.79. The molecule has 1 aromatic heterocycles. The number of likely N-dealkylation sites (N-methyl/N-ethyl adjacent to an activating group) is 1. The standard InChI is InChI=1S/C17H22BrNS/c1-5-19-15(10-14-6-7-16(18)20-14)17-12(3)8-11(2)9-13(17)4/h6-9,15,19H,5,10H2,1-4H3. The van der Waals surface area contributed by atoms with Gasteiger partial charge in [-0.05, 0) is 72.1 Å². The summed E-state index contributed by atoms with van der Waals surface area (Å²) in [7, 11) is 0. The lowest BCUT2D eigenvalue weighted by atomic mass is 9.92. The molecule has 0 saturated carbocycles. The highest BCUT2D eigenvalue weighted by atomic mass is 79.9. The van der Waals surface area contributed by atoms with Gasteiger partial charge in [0.15, 0.2) is 0 Å². The van der Waals surface area contributed by atoms with Crippen molar-refractivity contribution in [2.75, 3.05) is 6.54 Å². The van der Waals surface area contributed by atoms with Crippen LogP contribution in [0.2, 0.25) is 0 Å². The smallest absolute Gasteiger partial charge is 0.0701 e. The van der Waals surface area contributed by atoms with Gasteiger partial charge in [0.1, 0.15) is 0 Å². The highest BCUT2D eigenvalue weighted by molar-refractivity contribution is 9.11. The molecule has 1 unspecified atom stereocenters. The Labute approximate surface area is 134 Å². The maximum absolute atomic E-state index is 3.65. The number of aryl methyl sites for hydroxylation is 3. The third-order valence-corrected chi connectivity index (χ3v) is 5.22. The number of nitrogens with one attached hydrogen (secondary N) is 1. The Kier molecular flexibility index (Phi) is 5.42. The highest BCUT2D eigenvalue weighted by Gasteiger charge is 2.17. The minimum Gasteiger partial charge on any atom is -0.310 e. The van der Waals surface area contributed by atoms with E-state index in [1.54, 1.807) is 0 Å². The van der Waals surface area contributed by atoms with Gasteiger partial charge < -0.3 is 5.32 Å². The van der Waals surface area contributed by atoms with Gasteiger partial charge in [-0.2, -0.15) is 0 Å². The van der Waals surface area contributed by atoms with Crippen LogP contribution in [0.5, 0.6) is 0 Å². The van der Waals surface area contributed by atoms with Crippen molar-refractivity contribution < 1.29 is 0 Å². The van der Waals surface area contributed by atoms with E-state index >= 15 is 0 Å². The summed E-state index contributed by atoms with van der Waals surface area (Å²) in [6, 6.07) is 9.33. The molecule has 0 fully saturated rings. The van der Waals surface area contributed by atoms with Crippen LogP contribution in [0.1, 0.15) is 40.1 Å². The van der Waals surface area contributed by atoms with Crippen LogP contribution in [0.3, 0.4) is 0 Å². The summed E-state index contributed by atoms with van der Waals surface area (Å²) in [6.07, 6.45) is 1.05. The molecule has 0 amide bonds. The van der Waals surface area contributed by atoms with Crippen LogP contribution in [0, 0.1) is 20.8 Å². The van der Waals surface area contributed by atoms with Crippen molar-refractivity contribution in [1.29, 1.82) is 0 Å². The average molecular weight is 352 g/mol. The fourth-order valence-electron chi connectivity index (χ4n) is 2.93. The number of halogens is 1. The van der Waals surface area contributed by atoms with E-state index in [4.69, 9.17) is 0 Å². The van der Waals surface area contributed by atoms with E-state index in [1.807, 2.05) is 11.3 Å². The van der Waals surface area contributed by atoms with Crippen molar-refractivity contribution in [3.05, 3.63) is 55.2 Å². The maximum Gasteiger partial charge on any atom is 0.0701 e. The van der Waals surface area contributed by atoms with Gasteiger partial charge in [0.2, 0.25) is 0 Å². The van der Waals surface area contributed by atoms with Crippen LogP contribution in [0.15, 0.2) is 28.1 Å². The molecule has 1 aromatic carbocycles. The largest absolute Gasteiger partial charge is 0.310 e. The number of benzene rings is 1. The topological polar surface area (TPSA) is 12.0 Å². The van der Waals surface area contributed by atoms with Crippen LogP contribution in [-0.4, -0.2) is 6.54 Å². The third kappa shape index (κ3) is 3.72. The van der Waals surface area contributed by atoms with Crippen LogP contribution in [0.4, 0.5) is 0 Å². The summed E-state index contributed by atoms with van der Waals surface area (Å²) in [5, 5.41) is 3.65. The van der Waals surface area contributed by atoms with E-state index in [2.05, 4.69) is 73.2 Å². The van der Waals surface area contributed by atoms with Crippen molar-refractivity contribution in [2.24, 2.45) is 0 Å². The highest BCUT2D eigenvalue weighted by Crippen LogP contribution is 2.30. The van der Waals surface area contributed by atoms with Gasteiger partial charge in [-0.15, -0.1) is 11.3 Å². The normalized spacial score (nSPS) is 12.7. The minimum absolute atomic E-state index is 0.395. The Morgan fingerprint density at radius 2 is 1.80 bits per heavy atom. The van der Waals surface area contributed by atoms with Gasteiger partial charge >= 0.3 is 0 Å². The van der Waals surface area contributed by atoms with Crippen LogP contribution in [-0.2, 0) is 6.42 Å². The van der Waals surface area contributed by atoms with Gasteiger partial charge in [-0.3, -0.25) is 0 Å². The van der Waals surface area contributed by atoms with E-state index in [-0.39, 0.29) is 0 Å². The molecule has 0 bridgehead atoms. The van der Waals surface area contributed by atoms with Crippen molar-refractivity contribution in [1.82, 2.24) is 5.32 Å². The average Bonchev–Trinajstić information content (AvgIpc) is 2.73. The molecule has 20 heavy (non-hydrogen) atoms. The van der Waals surface area contributed by atoms with Crippen LogP contribution >= 0.6 is 27.3 Å². The van der Waals surface area contributed by atoms with Crippen molar-refractivity contribution >= 4 is 27.3 Å². The molecule has 0 aliphatic rings. The first-order valence-corrected chi connectivity index (χ1v) is 8.67. The second kappa shape index (κ2) is 6.88. The Morgan fingerprint density at radius 3 is 2.30 bits per heavy atom. The molecule has 1 heterocycles. The van der Waals surface area contributed by atoms with Crippen LogP contribution < -0.4 is 5.32 Å². The first kappa shape index (κ1) is 15.7. The molecule has 1 N–H and O–H groups in total. The van der Waals surface area contributed by atoms with Crippen molar-refractivity contribution in [3.8, 4) is 0 Å². The third-order valence-electron chi connectivity index (χ3n) is 3.57. The van der Waals surface area contributed by atoms with E-state index in [0.29, 0.717) is 6.04 Å². The second-order valence-electron chi connectivity index (χ2n) is 5.33. The molecular weight excluding hydrogens is 330 g/mol. The first-order valence-electron chi connectivity index (χ1n) is 7.06. The van der Waals surface area contributed by atoms with E-state index < -0.39 is 0 Å². The van der Waals surface area contributed by atoms with E-state index in [1.165, 1.54) is 30.9 Å². The summed E-state index contributed by atoms with van der Waals surface area (Å²) < 4.78 is 1.21. The fraction of sp³-hybridized carbons (Fsp3) is 0.412. The summed E-state index contributed by atoms with van der Waals surface area (Å²) in [4.78, 5) is 1.42. The number of thiophene rings is 1. The van der Waals surface area contributed by atoms with E-state index in [0.717, 1.165) is 13.0 Å². The molecule has 3 heteroatoms. The van der Waals surface area contributed by atoms with Gasteiger partial charge in [0.05, 0.1) is 3.79 Å². The second-order valence-corrected chi connectivity index (χ2v) is 7.88. The molecule has 0 saturated heterocycles. The molecule has 0 spiro atoms. The summed E-state index contributed by atoms with van der Waals surface area (Å²) >= 11 is 5.38. The molecule has 1 atom stereocenters. The molecule has 2 aromatic rings. The molecule has 1 nitrogen and oxygen atoms in total. The molecule has 108 valence electrons. The predicted molar refractivity (Wildman–Crippen MR) is 92.8 cm³/mol. The lowest BCUT2D eigenvalue weighted by molar-refractivity contribution is 0.548. The molecule has 2 rings (SSSR count). The Morgan fingerprint density at radius 1 is 1.15 bits per heavy atom. The Balaban J connectivity index is 2.33. The molecule has 0 aliphatic carbocycles. The fourth-order valence-corrected chi connectivity index (χ4v) is 4.45. The summed E-state index contributed by atoms with van der Waals surface area (Å²) in [5.74, 6) is 0. The predicted octanol–water partition coefficient (Wildman–Crippen LogP) is 5.33. The number of rotatable bonds is 5. The molecular formula is C17H22BrNS.